The highest BCUT2D eigenvalue weighted by Crippen LogP contribution is 2.41. The third-order valence-electron chi connectivity index (χ3n) is 4.34. The molecule has 20 heavy (non-hydrogen) atoms. The Hall–Kier alpha value is -1.61. The van der Waals surface area contributed by atoms with E-state index in [9.17, 15) is 0 Å². The average Bonchev–Trinajstić information content (AvgIpc) is 3.05. The third kappa shape index (κ3) is 1.97. The summed E-state index contributed by atoms with van der Waals surface area (Å²) in [6.45, 7) is 2.24. The Morgan fingerprint density at radius 2 is 2.10 bits per heavy atom. The summed E-state index contributed by atoms with van der Waals surface area (Å²) in [4.78, 5) is 3.98. The van der Waals surface area contributed by atoms with Crippen LogP contribution in [0.3, 0.4) is 0 Å². The Morgan fingerprint density at radius 3 is 3.05 bits per heavy atom. The van der Waals surface area contributed by atoms with Crippen LogP contribution in [0.2, 0.25) is 0 Å². The maximum atomic E-state index is 5.95. The summed E-state index contributed by atoms with van der Waals surface area (Å²) in [5.74, 6) is 1.84. The summed E-state index contributed by atoms with van der Waals surface area (Å²) >= 11 is 1.99. The van der Waals surface area contributed by atoms with Gasteiger partial charge in [-0.05, 0) is 35.7 Å². The molecule has 2 nitrogen and oxygen atoms in total. The molecule has 0 radical (unpaired) electrons. The number of nitrogens with two attached hydrogens (primary N) is 1. The molecule has 1 atom stereocenters. The van der Waals surface area contributed by atoms with Crippen LogP contribution >= 0.6 is 11.8 Å². The number of nitrogen functional groups attached to an aromatic ring is 1. The zero-order valence-corrected chi connectivity index (χ0v) is 12.2. The maximum absolute atomic E-state index is 5.95. The van der Waals surface area contributed by atoms with E-state index in [1.54, 1.807) is 0 Å². The molecule has 1 unspecified atom stereocenters. The first-order chi connectivity index (χ1) is 9.81. The SMILES string of the molecule is Nc1ccc2c(c1)N(CC1CSc3ccccc31)CC2. The number of thioether (sulfide) groups is 1. The molecule has 0 aromatic heterocycles. The Morgan fingerprint density at radius 1 is 1.20 bits per heavy atom. The van der Waals surface area contributed by atoms with E-state index in [0.717, 1.165) is 25.2 Å². The standard InChI is InChI=1S/C17H18N2S/c18-14-6-5-12-7-8-19(16(12)9-14)10-13-11-20-17-4-2-1-3-15(13)17/h1-6,9,13H,7-8,10-11,18H2. The summed E-state index contributed by atoms with van der Waals surface area (Å²) in [7, 11) is 0. The number of hydrogen-bond acceptors (Lipinski definition) is 3. The second-order valence-corrected chi connectivity index (χ2v) is 6.69. The van der Waals surface area contributed by atoms with Crippen LogP contribution in [-0.4, -0.2) is 18.8 Å². The van der Waals surface area contributed by atoms with Gasteiger partial charge >= 0.3 is 0 Å². The summed E-state index contributed by atoms with van der Waals surface area (Å²) in [6, 6.07) is 15.2. The molecule has 0 aliphatic carbocycles. The Balaban J connectivity index is 1.59. The molecule has 0 amide bonds. The fraction of sp³-hybridized carbons (Fsp3) is 0.294. The van der Waals surface area contributed by atoms with Crippen molar-refractivity contribution in [2.45, 2.75) is 17.2 Å². The van der Waals surface area contributed by atoms with Gasteiger partial charge in [-0.2, -0.15) is 0 Å². The predicted octanol–water partition coefficient (Wildman–Crippen LogP) is 3.52. The van der Waals surface area contributed by atoms with Gasteiger partial charge in [-0.15, -0.1) is 11.8 Å². The minimum atomic E-state index is 0.642. The fourth-order valence-electron chi connectivity index (χ4n) is 3.30. The predicted molar refractivity (Wildman–Crippen MR) is 86.7 cm³/mol. The van der Waals surface area contributed by atoms with Gasteiger partial charge in [0.15, 0.2) is 0 Å². The van der Waals surface area contributed by atoms with E-state index in [0.29, 0.717) is 5.92 Å². The van der Waals surface area contributed by atoms with E-state index in [1.165, 1.54) is 27.5 Å². The van der Waals surface area contributed by atoms with E-state index < -0.39 is 0 Å². The molecule has 102 valence electrons. The van der Waals surface area contributed by atoms with E-state index in [2.05, 4.69) is 41.3 Å². The molecule has 0 spiro atoms. The molecular weight excluding hydrogens is 264 g/mol. The lowest BCUT2D eigenvalue weighted by Gasteiger charge is -2.24. The molecule has 2 aliphatic heterocycles. The second-order valence-electron chi connectivity index (χ2n) is 5.63. The van der Waals surface area contributed by atoms with Crippen LogP contribution in [0.1, 0.15) is 17.0 Å². The Bertz CT molecular complexity index is 653. The van der Waals surface area contributed by atoms with Crippen molar-refractivity contribution in [3.05, 3.63) is 53.6 Å². The molecule has 2 aromatic rings. The molecule has 0 fully saturated rings. The van der Waals surface area contributed by atoms with Gasteiger partial charge in [0, 0.05) is 41.0 Å². The van der Waals surface area contributed by atoms with E-state index in [4.69, 9.17) is 5.73 Å². The van der Waals surface area contributed by atoms with Crippen molar-refractivity contribution in [3.8, 4) is 0 Å². The monoisotopic (exact) mass is 282 g/mol. The van der Waals surface area contributed by atoms with Gasteiger partial charge in [0.25, 0.3) is 0 Å². The molecular formula is C17H18N2S. The van der Waals surface area contributed by atoms with Gasteiger partial charge < -0.3 is 10.6 Å². The third-order valence-corrected chi connectivity index (χ3v) is 5.59. The Kier molecular flexibility index (Phi) is 2.88. The topological polar surface area (TPSA) is 29.3 Å². The van der Waals surface area contributed by atoms with Gasteiger partial charge in [0.1, 0.15) is 0 Å². The highest BCUT2D eigenvalue weighted by atomic mass is 32.2. The quantitative estimate of drug-likeness (QED) is 0.855. The lowest BCUT2D eigenvalue weighted by molar-refractivity contribution is 0.715. The van der Waals surface area contributed by atoms with Crippen molar-refractivity contribution in [1.29, 1.82) is 0 Å². The number of nitrogens with zero attached hydrogens (tertiary/aromatic N) is 1. The van der Waals surface area contributed by atoms with Crippen LogP contribution in [0.15, 0.2) is 47.4 Å². The van der Waals surface area contributed by atoms with Crippen molar-refractivity contribution in [2.75, 3.05) is 29.5 Å². The van der Waals surface area contributed by atoms with Crippen LogP contribution in [-0.2, 0) is 6.42 Å². The van der Waals surface area contributed by atoms with E-state index >= 15 is 0 Å². The summed E-state index contributed by atoms with van der Waals surface area (Å²) in [5, 5.41) is 0. The number of rotatable bonds is 2. The molecule has 0 saturated heterocycles. The smallest absolute Gasteiger partial charge is 0.0420 e. The molecule has 0 saturated carbocycles. The van der Waals surface area contributed by atoms with E-state index in [-0.39, 0.29) is 0 Å². The van der Waals surface area contributed by atoms with Crippen LogP contribution in [0.25, 0.3) is 0 Å². The van der Waals surface area contributed by atoms with Crippen LogP contribution in [0.4, 0.5) is 11.4 Å². The molecule has 2 aromatic carbocycles. The second kappa shape index (κ2) is 4.74. The van der Waals surface area contributed by atoms with Gasteiger partial charge in [0.2, 0.25) is 0 Å². The van der Waals surface area contributed by atoms with Crippen molar-refractivity contribution >= 4 is 23.1 Å². The minimum absolute atomic E-state index is 0.642. The van der Waals surface area contributed by atoms with Crippen molar-refractivity contribution in [1.82, 2.24) is 0 Å². The summed E-state index contributed by atoms with van der Waals surface area (Å²) in [5.41, 5.74) is 11.1. The minimum Gasteiger partial charge on any atom is -0.399 e. The van der Waals surface area contributed by atoms with Gasteiger partial charge in [-0.1, -0.05) is 24.3 Å². The average molecular weight is 282 g/mol. The molecule has 4 rings (SSSR count). The van der Waals surface area contributed by atoms with E-state index in [1.807, 2.05) is 17.8 Å². The van der Waals surface area contributed by atoms with Gasteiger partial charge in [-0.25, -0.2) is 0 Å². The highest BCUT2D eigenvalue weighted by molar-refractivity contribution is 7.99. The molecule has 0 bridgehead atoms. The first-order valence-corrected chi connectivity index (χ1v) is 8.15. The number of anilines is 2. The van der Waals surface area contributed by atoms with Crippen molar-refractivity contribution in [3.63, 3.8) is 0 Å². The van der Waals surface area contributed by atoms with Gasteiger partial charge in [0.05, 0.1) is 0 Å². The zero-order chi connectivity index (χ0) is 13.5. The molecule has 3 heteroatoms. The van der Waals surface area contributed by atoms with Crippen LogP contribution < -0.4 is 10.6 Å². The van der Waals surface area contributed by atoms with Crippen molar-refractivity contribution < 1.29 is 0 Å². The summed E-state index contributed by atoms with van der Waals surface area (Å²) in [6.07, 6.45) is 1.15. The molecule has 2 aliphatic rings. The number of hydrogen-bond donors (Lipinski definition) is 1. The summed E-state index contributed by atoms with van der Waals surface area (Å²) < 4.78 is 0. The molecule has 2 heterocycles. The lowest BCUT2D eigenvalue weighted by atomic mass is 10.0. The Labute approximate surface area is 124 Å². The lowest BCUT2D eigenvalue weighted by Crippen LogP contribution is -2.26. The zero-order valence-electron chi connectivity index (χ0n) is 11.4. The first kappa shape index (κ1) is 12.2. The molecule has 2 N–H and O–H groups in total. The van der Waals surface area contributed by atoms with Crippen LogP contribution in [0.5, 0.6) is 0 Å². The number of fused-ring (bicyclic) bond motifs is 2. The normalized spacial score (nSPS) is 20.0. The first-order valence-electron chi connectivity index (χ1n) is 7.16. The fourth-order valence-corrected chi connectivity index (χ4v) is 4.54. The largest absolute Gasteiger partial charge is 0.399 e. The van der Waals surface area contributed by atoms with Gasteiger partial charge in [-0.3, -0.25) is 0 Å². The van der Waals surface area contributed by atoms with Crippen molar-refractivity contribution in [2.24, 2.45) is 0 Å². The van der Waals surface area contributed by atoms with Crippen LogP contribution in [0, 0.1) is 0 Å². The number of benzene rings is 2. The highest BCUT2D eigenvalue weighted by Gasteiger charge is 2.27. The maximum Gasteiger partial charge on any atom is 0.0420 e.